The Hall–Kier alpha value is -0.520. The molecule has 14 heavy (non-hydrogen) atoms. The van der Waals surface area contributed by atoms with Gasteiger partial charge in [0.15, 0.2) is 0 Å². The molecule has 0 aromatic carbocycles. The van der Waals surface area contributed by atoms with Crippen LogP contribution in [0.3, 0.4) is 0 Å². The first-order chi connectivity index (χ1) is 6.87. The van der Waals surface area contributed by atoms with Crippen LogP contribution in [0.1, 0.15) is 25.7 Å². The van der Waals surface area contributed by atoms with E-state index in [1.165, 1.54) is 32.2 Å². The average Bonchev–Trinajstić information content (AvgIpc) is 3.03. The molecule has 2 nitrogen and oxygen atoms in total. The third-order valence-electron chi connectivity index (χ3n) is 3.52. The number of hydrogen-bond acceptors (Lipinski definition) is 2. The fraction of sp³-hybridized carbons (Fsp3) is 0.833. The molecule has 0 radical (unpaired) electrons. The quantitative estimate of drug-likeness (QED) is 0.464. The molecule has 2 aliphatic carbocycles. The van der Waals surface area contributed by atoms with E-state index in [0.717, 1.165) is 24.4 Å². The summed E-state index contributed by atoms with van der Waals surface area (Å²) >= 11 is 0. The van der Waals surface area contributed by atoms with Crippen molar-refractivity contribution < 1.29 is 0 Å². The van der Waals surface area contributed by atoms with E-state index in [-0.39, 0.29) is 0 Å². The van der Waals surface area contributed by atoms with Crippen molar-refractivity contribution in [1.29, 1.82) is 0 Å². The van der Waals surface area contributed by atoms with Gasteiger partial charge >= 0.3 is 0 Å². The minimum absolute atomic E-state index is 0.690. The Bertz CT molecular complexity index is 221. The molecule has 2 saturated carbocycles. The summed E-state index contributed by atoms with van der Waals surface area (Å²) in [6.07, 6.45) is 11.0. The maximum Gasteiger partial charge on any atom is 0.0574 e. The molecular formula is C12H20N2. The smallest absolute Gasteiger partial charge is 0.0574 e. The van der Waals surface area contributed by atoms with E-state index in [9.17, 15) is 0 Å². The van der Waals surface area contributed by atoms with E-state index in [1.807, 2.05) is 0 Å². The molecule has 0 heterocycles. The van der Waals surface area contributed by atoms with Crippen LogP contribution in [0, 0.1) is 23.7 Å². The SMILES string of the molecule is C#CCNCCNCC1(C2CC2)CC1. The largest absolute Gasteiger partial charge is 0.315 e. The van der Waals surface area contributed by atoms with Crippen LogP contribution in [0.15, 0.2) is 0 Å². The van der Waals surface area contributed by atoms with Crippen molar-refractivity contribution in [2.75, 3.05) is 26.2 Å². The Kier molecular flexibility index (Phi) is 3.10. The molecule has 2 N–H and O–H groups in total. The van der Waals surface area contributed by atoms with Crippen molar-refractivity contribution >= 4 is 0 Å². The number of nitrogens with one attached hydrogen (secondary N) is 2. The van der Waals surface area contributed by atoms with Crippen LogP contribution in [0.2, 0.25) is 0 Å². The van der Waals surface area contributed by atoms with Crippen LogP contribution < -0.4 is 10.6 Å². The highest BCUT2D eigenvalue weighted by Gasteiger charge is 2.52. The number of rotatable bonds is 7. The van der Waals surface area contributed by atoms with E-state index in [4.69, 9.17) is 6.42 Å². The maximum absolute atomic E-state index is 5.14. The van der Waals surface area contributed by atoms with Crippen molar-refractivity contribution in [3.05, 3.63) is 0 Å². The van der Waals surface area contributed by atoms with Gasteiger partial charge in [-0.3, -0.25) is 0 Å². The summed E-state index contributed by atoms with van der Waals surface area (Å²) in [5.41, 5.74) is 0.728. The molecule has 0 unspecified atom stereocenters. The van der Waals surface area contributed by atoms with Crippen molar-refractivity contribution in [3.63, 3.8) is 0 Å². The molecule has 0 saturated heterocycles. The van der Waals surface area contributed by atoms with Crippen LogP contribution in [0.25, 0.3) is 0 Å². The molecule has 0 spiro atoms. The van der Waals surface area contributed by atoms with Crippen molar-refractivity contribution in [2.24, 2.45) is 11.3 Å². The lowest BCUT2D eigenvalue weighted by molar-refractivity contribution is 0.404. The predicted octanol–water partition coefficient (Wildman–Crippen LogP) is 0.989. The van der Waals surface area contributed by atoms with Crippen LogP contribution in [0.4, 0.5) is 0 Å². The lowest BCUT2D eigenvalue weighted by Gasteiger charge is -2.14. The fourth-order valence-corrected chi connectivity index (χ4v) is 2.26. The lowest BCUT2D eigenvalue weighted by atomic mass is 10.0. The molecule has 2 heteroatoms. The molecule has 2 fully saturated rings. The lowest BCUT2D eigenvalue weighted by Crippen LogP contribution is -2.32. The van der Waals surface area contributed by atoms with Gasteiger partial charge in [-0.15, -0.1) is 6.42 Å². The number of hydrogen-bond donors (Lipinski definition) is 2. The summed E-state index contributed by atoms with van der Waals surface area (Å²) in [6.45, 7) is 3.96. The second-order valence-electron chi connectivity index (χ2n) is 4.69. The Balaban J connectivity index is 1.49. The van der Waals surface area contributed by atoms with Gasteiger partial charge in [-0.2, -0.15) is 0 Å². The van der Waals surface area contributed by atoms with Crippen LogP contribution >= 0.6 is 0 Å². The molecule has 0 aliphatic heterocycles. The van der Waals surface area contributed by atoms with Crippen LogP contribution in [-0.2, 0) is 0 Å². The van der Waals surface area contributed by atoms with Gasteiger partial charge in [0.25, 0.3) is 0 Å². The van der Waals surface area contributed by atoms with Gasteiger partial charge in [-0.25, -0.2) is 0 Å². The van der Waals surface area contributed by atoms with Gasteiger partial charge in [-0.05, 0) is 37.0 Å². The molecule has 0 amide bonds. The molecule has 0 aromatic heterocycles. The third kappa shape index (κ3) is 2.50. The summed E-state index contributed by atoms with van der Waals surface area (Å²) in [5, 5.41) is 6.73. The summed E-state index contributed by atoms with van der Waals surface area (Å²) in [7, 11) is 0. The highest BCUT2D eigenvalue weighted by Crippen LogP contribution is 2.60. The van der Waals surface area contributed by atoms with Gasteiger partial charge in [0.05, 0.1) is 6.54 Å². The van der Waals surface area contributed by atoms with Gasteiger partial charge in [-0.1, -0.05) is 5.92 Å². The van der Waals surface area contributed by atoms with E-state index in [0.29, 0.717) is 6.54 Å². The first-order valence-electron chi connectivity index (χ1n) is 5.72. The fourth-order valence-electron chi connectivity index (χ4n) is 2.26. The minimum Gasteiger partial charge on any atom is -0.315 e. The zero-order valence-corrected chi connectivity index (χ0v) is 8.81. The van der Waals surface area contributed by atoms with Gasteiger partial charge in [0.1, 0.15) is 0 Å². The van der Waals surface area contributed by atoms with Crippen LogP contribution in [-0.4, -0.2) is 26.2 Å². The first kappa shape index (κ1) is 10.0. The van der Waals surface area contributed by atoms with Gasteiger partial charge in [0.2, 0.25) is 0 Å². The zero-order chi connectivity index (χ0) is 9.86. The zero-order valence-electron chi connectivity index (χ0n) is 8.81. The minimum atomic E-state index is 0.690. The topological polar surface area (TPSA) is 24.1 Å². The normalized spacial score (nSPS) is 23.1. The predicted molar refractivity (Wildman–Crippen MR) is 59.0 cm³/mol. The molecule has 78 valence electrons. The average molecular weight is 192 g/mol. The molecule has 2 aliphatic rings. The molecule has 0 aromatic rings. The van der Waals surface area contributed by atoms with Crippen molar-refractivity contribution in [2.45, 2.75) is 25.7 Å². The highest BCUT2D eigenvalue weighted by molar-refractivity contribution is 5.04. The van der Waals surface area contributed by atoms with Crippen LogP contribution in [0.5, 0.6) is 0 Å². The van der Waals surface area contributed by atoms with E-state index >= 15 is 0 Å². The van der Waals surface area contributed by atoms with E-state index < -0.39 is 0 Å². The first-order valence-corrected chi connectivity index (χ1v) is 5.72. The maximum atomic E-state index is 5.14. The third-order valence-corrected chi connectivity index (χ3v) is 3.52. The molecule has 0 bridgehead atoms. The second kappa shape index (κ2) is 4.33. The molecular weight excluding hydrogens is 172 g/mol. The van der Waals surface area contributed by atoms with E-state index in [1.54, 1.807) is 0 Å². The van der Waals surface area contributed by atoms with Gasteiger partial charge < -0.3 is 10.6 Å². The number of terminal acetylenes is 1. The Labute approximate surface area is 86.8 Å². The summed E-state index contributed by atoms with van der Waals surface area (Å²) < 4.78 is 0. The Morgan fingerprint density at radius 1 is 1.21 bits per heavy atom. The standard InChI is InChI=1S/C12H20N2/c1-2-7-13-8-9-14-10-12(5-6-12)11-3-4-11/h1,11,13-14H,3-10H2. The summed E-state index contributed by atoms with van der Waals surface area (Å²) in [4.78, 5) is 0. The summed E-state index contributed by atoms with van der Waals surface area (Å²) in [6, 6.07) is 0. The van der Waals surface area contributed by atoms with Gasteiger partial charge in [0, 0.05) is 19.6 Å². The Morgan fingerprint density at radius 3 is 2.50 bits per heavy atom. The second-order valence-corrected chi connectivity index (χ2v) is 4.69. The highest BCUT2D eigenvalue weighted by atomic mass is 15.0. The molecule has 2 rings (SSSR count). The Morgan fingerprint density at radius 2 is 1.93 bits per heavy atom. The van der Waals surface area contributed by atoms with Crippen molar-refractivity contribution in [3.8, 4) is 12.3 Å². The monoisotopic (exact) mass is 192 g/mol. The molecule has 0 atom stereocenters. The van der Waals surface area contributed by atoms with E-state index in [2.05, 4.69) is 16.6 Å². The summed E-state index contributed by atoms with van der Waals surface area (Å²) in [5.74, 6) is 3.64. The van der Waals surface area contributed by atoms with Crippen molar-refractivity contribution in [1.82, 2.24) is 10.6 Å².